The fraction of sp³-hybridized carbons (Fsp3) is 0.318. The Balaban J connectivity index is 1.60. The maximum absolute atomic E-state index is 12.8. The minimum absolute atomic E-state index is 0.114. The highest BCUT2D eigenvalue weighted by atomic mass is 32.1. The van der Waals surface area contributed by atoms with Crippen molar-refractivity contribution in [1.29, 1.82) is 0 Å². The largest absolute Gasteiger partial charge is 0.434 e. The molecule has 2 aromatic carbocycles. The molecule has 0 spiro atoms. The van der Waals surface area contributed by atoms with E-state index in [1.54, 1.807) is 6.07 Å². The van der Waals surface area contributed by atoms with Crippen molar-refractivity contribution >= 4 is 17.0 Å². The number of ether oxygens (including phenoxy) is 1. The third-order valence-corrected chi connectivity index (χ3v) is 6.05. The van der Waals surface area contributed by atoms with E-state index in [4.69, 9.17) is 10.7 Å². The minimum Gasteiger partial charge on any atom is -0.434 e. The highest BCUT2D eigenvalue weighted by molar-refractivity contribution is 7.10. The summed E-state index contributed by atoms with van der Waals surface area (Å²) in [5, 5.41) is 2.88. The number of aromatic nitrogens is 1. The van der Waals surface area contributed by atoms with Crippen LogP contribution in [0, 0.1) is 6.92 Å². The van der Waals surface area contributed by atoms with Crippen LogP contribution in [0.1, 0.15) is 40.1 Å². The Morgan fingerprint density at radius 3 is 2.71 bits per heavy atom. The van der Waals surface area contributed by atoms with Gasteiger partial charge in [0.05, 0.1) is 10.7 Å². The van der Waals surface area contributed by atoms with Gasteiger partial charge in [0.1, 0.15) is 5.75 Å². The molecule has 1 heterocycles. The van der Waals surface area contributed by atoms with E-state index in [1.165, 1.54) is 41.4 Å². The summed E-state index contributed by atoms with van der Waals surface area (Å²) in [7, 11) is 0. The van der Waals surface area contributed by atoms with Crippen molar-refractivity contribution in [3.8, 4) is 17.0 Å². The lowest BCUT2D eigenvalue weighted by atomic mass is 9.90. The first-order chi connectivity index (χ1) is 13.5. The number of hydrogen-bond acceptors (Lipinski definition) is 4. The molecule has 1 aromatic heterocycles. The van der Waals surface area contributed by atoms with Crippen LogP contribution in [0.4, 0.5) is 14.5 Å². The fourth-order valence-electron chi connectivity index (χ4n) is 3.69. The Labute approximate surface area is 167 Å². The molecule has 0 bridgehead atoms. The average molecular weight is 400 g/mol. The van der Waals surface area contributed by atoms with Crippen LogP contribution in [0.2, 0.25) is 0 Å². The number of benzene rings is 2. The third kappa shape index (κ3) is 4.02. The van der Waals surface area contributed by atoms with Gasteiger partial charge in [0.25, 0.3) is 0 Å². The Hall–Kier alpha value is -2.47. The molecule has 0 fully saturated rings. The maximum atomic E-state index is 12.8. The van der Waals surface area contributed by atoms with Crippen LogP contribution in [-0.2, 0) is 19.3 Å². The Morgan fingerprint density at radius 1 is 1.14 bits per heavy atom. The molecule has 0 unspecified atom stereocenters. The van der Waals surface area contributed by atoms with Crippen LogP contribution in [0.15, 0.2) is 35.7 Å². The van der Waals surface area contributed by atoms with Crippen molar-refractivity contribution in [3.63, 3.8) is 0 Å². The molecule has 0 saturated heterocycles. The topological polar surface area (TPSA) is 48.1 Å². The summed E-state index contributed by atoms with van der Waals surface area (Å²) in [5.41, 5.74) is 12.7. The number of thiazole rings is 1. The minimum atomic E-state index is -2.89. The lowest BCUT2D eigenvalue weighted by Gasteiger charge is -2.16. The van der Waals surface area contributed by atoms with Gasteiger partial charge in [-0.15, -0.1) is 11.3 Å². The van der Waals surface area contributed by atoms with Gasteiger partial charge >= 0.3 is 6.61 Å². The zero-order chi connectivity index (χ0) is 19.7. The smallest absolute Gasteiger partial charge is 0.387 e. The van der Waals surface area contributed by atoms with Gasteiger partial charge in [-0.3, -0.25) is 0 Å². The number of hydrogen-bond donors (Lipinski definition) is 1. The molecule has 0 amide bonds. The van der Waals surface area contributed by atoms with Crippen molar-refractivity contribution in [2.75, 3.05) is 5.73 Å². The Morgan fingerprint density at radius 2 is 1.93 bits per heavy atom. The molecule has 0 radical (unpaired) electrons. The maximum Gasteiger partial charge on any atom is 0.387 e. The van der Waals surface area contributed by atoms with Gasteiger partial charge in [-0.2, -0.15) is 8.78 Å². The van der Waals surface area contributed by atoms with E-state index in [9.17, 15) is 8.78 Å². The number of alkyl halides is 2. The normalized spacial score (nSPS) is 13.6. The molecule has 3 nitrogen and oxygen atoms in total. The number of nitrogens with two attached hydrogens (primary N) is 1. The standard InChI is InChI=1S/C22H22F2N2OS/c1-13-8-17(20(11-18(13)25)27-22(23)24)10-21-26-19(12-28-21)16-7-6-14-4-2-3-5-15(14)9-16/h6-9,11-12,22H,2-5,10,25H2,1H3. The van der Waals surface area contributed by atoms with Crippen molar-refractivity contribution in [2.45, 2.75) is 45.6 Å². The SMILES string of the molecule is Cc1cc(Cc2nc(-c3ccc4c(c3)CCCC4)cs2)c(OC(F)F)cc1N. The molecule has 0 saturated carbocycles. The van der Waals surface area contributed by atoms with Crippen LogP contribution in [0.3, 0.4) is 0 Å². The molecule has 1 aliphatic rings. The van der Waals surface area contributed by atoms with Crippen LogP contribution in [0.5, 0.6) is 5.75 Å². The summed E-state index contributed by atoms with van der Waals surface area (Å²) >= 11 is 1.53. The Bertz CT molecular complexity index is 1000. The average Bonchev–Trinajstić information content (AvgIpc) is 3.13. The second-order valence-corrected chi connectivity index (χ2v) is 8.13. The van der Waals surface area contributed by atoms with Crippen LogP contribution in [-0.4, -0.2) is 11.6 Å². The lowest BCUT2D eigenvalue weighted by molar-refractivity contribution is -0.0503. The van der Waals surface area contributed by atoms with Crippen molar-refractivity contribution in [1.82, 2.24) is 4.98 Å². The van der Waals surface area contributed by atoms with Gasteiger partial charge in [-0.25, -0.2) is 4.98 Å². The van der Waals surface area contributed by atoms with Gasteiger partial charge in [-0.05, 0) is 61.4 Å². The summed E-state index contributed by atoms with van der Waals surface area (Å²) in [4.78, 5) is 4.74. The molecule has 146 valence electrons. The molecule has 6 heteroatoms. The number of fused-ring (bicyclic) bond motifs is 1. The summed E-state index contributed by atoms with van der Waals surface area (Å²) in [6, 6.07) is 9.84. The summed E-state index contributed by atoms with van der Waals surface area (Å²) in [6.45, 7) is -1.03. The zero-order valence-electron chi connectivity index (χ0n) is 15.7. The number of halogens is 2. The number of aryl methyl sites for hydroxylation is 3. The lowest BCUT2D eigenvalue weighted by Crippen LogP contribution is -2.06. The second kappa shape index (κ2) is 7.87. The first kappa shape index (κ1) is 18.9. The summed E-state index contributed by atoms with van der Waals surface area (Å²) in [6.07, 6.45) is 5.21. The number of nitrogens with zero attached hydrogens (tertiary/aromatic N) is 1. The number of anilines is 1. The summed E-state index contributed by atoms with van der Waals surface area (Å²) in [5.74, 6) is 0.114. The highest BCUT2D eigenvalue weighted by Crippen LogP contribution is 2.32. The van der Waals surface area contributed by atoms with E-state index < -0.39 is 6.61 Å². The molecule has 1 aliphatic carbocycles. The predicted molar refractivity (Wildman–Crippen MR) is 109 cm³/mol. The number of nitrogen functional groups attached to an aromatic ring is 1. The van der Waals surface area contributed by atoms with E-state index in [0.29, 0.717) is 17.7 Å². The van der Waals surface area contributed by atoms with Gasteiger partial charge in [0.2, 0.25) is 0 Å². The molecule has 3 aromatic rings. The van der Waals surface area contributed by atoms with Gasteiger partial charge < -0.3 is 10.5 Å². The fourth-order valence-corrected chi connectivity index (χ4v) is 4.51. The molecule has 0 atom stereocenters. The van der Waals surface area contributed by atoms with Crippen LogP contribution in [0.25, 0.3) is 11.3 Å². The van der Waals surface area contributed by atoms with Gasteiger partial charge in [0, 0.05) is 34.7 Å². The molecule has 28 heavy (non-hydrogen) atoms. The molecule has 2 N–H and O–H groups in total. The van der Waals surface area contributed by atoms with Gasteiger partial charge in [0.15, 0.2) is 0 Å². The van der Waals surface area contributed by atoms with Crippen molar-refractivity contribution in [2.24, 2.45) is 0 Å². The van der Waals surface area contributed by atoms with Gasteiger partial charge in [-0.1, -0.05) is 12.1 Å². The monoisotopic (exact) mass is 400 g/mol. The first-order valence-corrected chi connectivity index (χ1v) is 10.3. The summed E-state index contributed by atoms with van der Waals surface area (Å²) < 4.78 is 30.2. The third-order valence-electron chi connectivity index (χ3n) is 5.20. The quantitative estimate of drug-likeness (QED) is 0.553. The number of rotatable bonds is 5. The zero-order valence-corrected chi connectivity index (χ0v) is 16.5. The molecular weight excluding hydrogens is 378 g/mol. The van der Waals surface area contributed by atoms with E-state index in [0.717, 1.165) is 34.7 Å². The van der Waals surface area contributed by atoms with Crippen LogP contribution < -0.4 is 10.5 Å². The molecule has 4 rings (SSSR count). The predicted octanol–water partition coefficient (Wildman–Crippen LogP) is 5.77. The molecular formula is C22H22F2N2OS. The van der Waals surface area contributed by atoms with E-state index in [1.807, 2.05) is 12.3 Å². The Kier molecular flexibility index (Phi) is 5.31. The molecule has 0 aliphatic heterocycles. The highest BCUT2D eigenvalue weighted by Gasteiger charge is 2.15. The first-order valence-electron chi connectivity index (χ1n) is 9.40. The second-order valence-electron chi connectivity index (χ2n) is 7.19. The van der Waals surface area contributed by atoms with E-state index >= 15 is 0 Å². The van der Waals surface area contributed by atoms with E-state index in [2.05, 4.69) is 22.9 Å². The van der Waals surface area contributed by atoms with Crippen LogP contribution >= 0.6 is 11.3 Å². The van der Waals surface area contributed by atoms with Crippen molar-refractivity contribution in [3.05, 3.63) is 63.0 Å². The van der Waals surface area contributed by atoms with E-state index in [-0.39, 0.29) is 5.75 Å². The van der Waals surface area contributed by atoms with Crippen molar-refractivity contribution < 1.29 is 13.5 Å².